The van der Waals surface area contributed by atoms with E-state index >= 15 is 0 Å². The predicted molar refractivity (Wildman–Crippen MR) is 82.6 cm³/mol. The molecule has 1 aliphatic carbocycles. The van der Waals surface area contributed by atoms with Gasteiger partial charge in [-0.05, 0) is 48.8 Å². The molecule has 3 nitrogen and oxygen atoms in total. The van der Waals surface area contributed by atoms with Gasteiger partial charge in [0.2, 0.25) is 5.91 Å². The van der Waals surface area contributed by atoms with Crippen molar-refractivity contribution in [2.24, 2.45) is 5.92 Å². The van der Waals surface area contributed by atoms with E-state index in [0.29, 0.717) is 5.92 Å². The first-order chi connectivity index (χ1) is 9.56. The lowest BCUT2D eigenvalue weighted by atomic mass is 10.1. The molecule has 110 valence electrons. The van der Waals surface area contributed by atoms with Crippen LogP contribution < -0.4 is 10.6 Å². The van der Waals surface area contributed by atoms with Crippen molar-refractivity contribution in [2.75, 3.05) is 6.54 Å². The summed E-state index contributed by atoms with van der Waals surface area (Å²) in [5, 5.41) is 6.26. The molecule has 0 aliphatic heterocycles. The number of nitrogens with one attached hydrogen (secondary N) is 2. The van der Waals surface area contributed by atoms with Gasteiger partial charge in [0.25, 0.3) is 0 Å². The number of hydrogen-bond donors (Lipinski definition) is 2. The number of carbonyl (C=O) groups excluding carboxylic acids is 1. The Morgan fingerprint density at radius 3 is 2.70 bits per heavy atom. The minimum absolute atomic E-state index is 0.0832. The molecule has 0 radical (unpaired) electrons. The molecule has 20 heavy (non-hydrogen) atoms. The summed E-state index contributed by atoms with van der Waals surface area (Å²) >= 11 is 0. The zero-order chi connectivity index (χ0) is 14.5. The molecule has 1 amide bonds. The van der Waals surface area contributed by atoms with Crippen molar-refractivity contribution in [3.63, 3.8) is 0 Å². The first-order valence-corrected chi connectivity index (χ1v) is 7.68. The second-order valence-electron chi connectivity index (χ2n) is 6.20. The number of benzene rings is 1. The van der Waals surface area contributed by atoms with Crippen LogP contribution in [0.15, 0.2) is 18.2 Å². The van der Waals surface area contributed by atoms with Crippen LogP contribution in [-0.2, 0) is 24.2 Å². The molecule has 0 heterocycles. The standard InChI is InChI=1S/C17H26N2O/c1-12(2)10-19-17(20)13(3)18-11-14-7-8-15-5-4-6-16(15)9-14/h7-9,12-13,18H,4-6,10-11H2,1-3H3,(H,19,20). The third-order valence-corrected chi connectivity index (χ3v) is 3.85. The van der Waals surface area contributed by atoms with E-state index in [1.807, 2.05) is 6.92 Å². The van der Waals surface area contributed by atoms with E-state index in [0.717, 1.165) is 13.1 Å². The first kappa shape index (κ1) is 15.0. The van der Waals surface area contributed by atoms with Crippen LogP contribution >= 0.6 is 0 Å². The summed E-state index contributed by atoms with van der Waals surface area (Å²) in [5.41, 5.74) is 4.26. The maximum atomic E-state index is 11.9. The highest BCUT2D eigenvalue weighted by Gasteiger charge is 2.14. The largest absolute Gasteiger partial charge is 0.354 e. The molecule has 3 heteroatoms. The lowest BCUT2D eigenvalue weighted by molar-refractivity contribution is -0.122. The smallest absolute Gasteiger partial charge is 0.236 e. The van der Waals surface area contributed by atoms with Crippen molar-refractivity contribution in [1.29, 1.82) is 0 Å². The summed E-state index contributed by atoms with van der Waals surface area (Å²) in [4.78, 5) is 11.9. The fourth-order valence-corrected chi connectivity index (χ4v) is 2.56. The Labute approximate surface area is 122 Å². The Morgan fingerprint density at radius 2 is 1.95 bits per heavy atom. The maximum absolute atomic E-state index is 11.9. The van der Waals surface area contributed by atoms with Crippen molar-refractivity contribution < 1.29 is 4.79 Å². The Bertz CT molecular complexity index is 468. The third-order valence-electron chi connectivity index (χ3n) is 3.85. The topological polar surface area (TPSA) is 41.1 Å². The van der Waals surface area contributed by atoms with Gasteiger partial charge >= 0.3 is 0 Å². The predicted octanol–water partition coefficient (Wildman–Crippen LogP) is 2.43. The summed E-state index contributed by atoms with van der Waals surface area (Å²) in [6.07, 6.45) is 3.70. The minimum Gasteiger partial charge on any atom is -0.354 e. The Morgan fingerprint density at radius 1 is 1.20 bits per heavy atom. The maximum Gasteiger partial charge on any atom is 0.236 e. The van der Waals surface area contributed by atoms with Gasteiger partial charge < -0.3 is 10.6 Å². The molecule has 1 aliphatic rings. The van der Waals surface area contributed by atoms with Gasteiger partial charge in [0.1, 0.15) is 0 Å². The molecule has 0 saturated carbocycles. The molecular weight excluding hydrogens is 248 g/mol. The fraction of sp³-hybridized carbons (Fsp3) is 0.588. The molecule has 2 N–H and O–H groups in total. The SMILES string of the molecule is CC(C)CNC(=O)C(C)NCc1ccc2c(c1)CCC2. The Hall–Kier alpha value is -1.35. The average Bonchev–Trinajstić information content (AvgIpc) is 2.89. The van der Waals surface area contributed by atoms with Crippen LogP contribution in [0.3, 0.4) is 0 Å². The van der Waals surface area contributed by atoms with Gasteiger partial charge in [0, 0.05) is 13.1 Å². The van der Waals surface area contributed by atoms with E-state index in [1.165, 1.54) is 36.0 Å². The lowest BCUT2D eigenvalue weighted by Crippen LogP contribution is -2.42. The Balaban J connectivity index is 1.81. The van der Waals surface area contributed by atoms with Crippen LogP contribution in [0.2, 0.25) is 0 Å². The van der Waals surface area contributed by atoms with Crippen molar-refractivity contribution in [3.8, 4) is 0 Å². The fourth-order valence-electron chi connectivity index (χ4n) is 2.56. The Kier molecular flexibility index (Phi) is 5.18. The second-order valence-corrected chi connectivity index (χ2v) is 6.20. The molecule has 0 bridgehead atoms. The molecule has 1 aromatic carbocycles. The number of fused-ring (bicyclic) bond motifs is 1. The first-order valence-electron chi connectivity index (χ1n) is 7.68. The monoisotopic (exact) mass is 274 g/mol. The molecule has 1 atom stereocenters. The van der Waals surface area contributed by atoms with Gasteiger partial charge in [-0.3, -0.25) is 4.79 Å². The molecule has 0 aromatic heterocycles. The normalized spacial score (nSPS) is 15.2. The summed E-state index contributed by atoms with van der Waals surface area (Å²) in [5.74, 6) is 0.572. The summed E-state index contributed by atoms with van der Waals surface area (Å²) in [6.45, 7) is 7.61. The molecular formula is C17H26N2O. The highest BCUT2D eigenvalue weighted by Crippen LogP contribution is 2.22. The number of amides is 1. The van der Waals surface area contributed by atoms with E-state index < -0.39 is 0 Å². The van der Waals surface area contributed by atoms with Gasteiger partial charge in [0.15, 0.2) is 0 Å². The summed E-state index contributed by atoms with van der Waals surface area (Å²) < 4.78 is 0. The van der Waals surface area contributed by atoms with Crippen LogP contribution in [-0.4, -0.2) is 18.5 Å². The van der Waals surface area contributed by atoms with Crippen molar-refractivity contribution in [2.45, 2.75) is 52.6 Å². The van der Waals surface area contributed by atoms with E-state index in [-0.39, 0.29) is 11.9 Å². The molecule has 0 fully saturated rings. The number of carbonyl (C=O) groups is 1. The highest BCUT2D eigenvalue weighted by molar-refractivity contribution is 5.81. The molecule has 1 unspecified atom stereocenters. The van der Waals surface area contributed by atoms with E-state index in [1.54, 1.807) is 0 Å². The zero-order valence-corrected chi connectivity index (χ0v) is 12.8. The van der Waals surface area contributed by atoms with Gasteiger partial charge in [-0.25, -0.2) is 0 Å². The van der Waals surface area contributed by atoms with Gasteiger partial charge in [-0.1, -0.05) is 32.0 Å². The van der Waals surface area contributed by atoms with Crippen molar-refractivity contribution in [3.05, 3.63) is 34.9 Å². The third kappa shape index (κ3) is 4.07. The van der Waals surface area contributed by atoms with E-state index in [9.17, 15) is 4.79 Å². The van der Waals surface area contributed by atoms with Gasteiger partial charge in [-0.2, -0.15) is 0 Å². The highest BCUT2D eigenvalue weighted by atomic mass is 16.2. The summed E-state index contributed by atoms with van der Waals surface area (Å²) in [6, 6.07) is 6.55. The zero-order valence-electron chi connectivity index (χ0n) is 12.8. The van der Waals surface area contributed by atoms with Crippen molar-refractivity contribution in [1.82, 2.24) is 10.6 Å². The van der Waals surface area contributed by atoms with Crippen LogP contribution in [0.4, 0.5) is 0 Å². The van der Waals surface area contributed by atoms with Crippen LogP contribution in [0, 0.1) is 5.92 Å². The average molecular weight is 274 g/mol. The van der Waals surface area contributed by atoms with Crippen molar-refractivity contribution >= 4 is 5.91 Å². The van der Waals surface area contributed by atoms with Gasteiger partial charge in [-0.15, -0.1) is 0 Å². The van der Waals surface area contributed by atoms with Crippen LogP contribution in [0.25, 0.3) is 0 Å². The summed E-state index contributed by atoms with van der Waals surface area (Å²) in [7, 11) is 0. The molecule has 1 aromatic rings. The number of rotatable bonds is 6. The molecule has 0 saturated heterocycles. The minimum atomic E-state index is -0.151. The quantitative estimate of drug-likeness (QED) is 0.836. The van der Waals surface area contributed by atoms with Gasteiger partial charge in [0.05, 0.1) is 6.04 Å². The van der Waals surface area contributed by atoms with Crippen LogP contribution in [0.5, 0.6) is 0 Å². The van der Waals surface area contributed by atoms with Crippen LogP contribution in [0.1, 0.15) is 43.9 Å². The number of hydrogen-bond acceptors (Lipinski definition) is 2. The molecule has 2 rings (SSSR count). The lowest BCUT2D eigenvalue weighted by Gasteiger charge is -2.15. The number of aryl methyl sites for hydroxylation is 2. The van der Waals surface area contributed by atoms with E-state index in [2.05, 4.69) is 42.7 Å². The van der Waals surface area contributed by atoms with E-state index in [4.69, 9.17) is 0 Å². The second kappa shape index (κ2) is 6.89. The molecule has 0 spiro atoms.